The van der Waals surface area contributed by atoms with Gasteiger partial charge in [-0.1, -0.05) is 33.6 Å². The van der Waals surface area contributed by atoms with Crippen LogP contribution in [0.3, 0.4) is 0 Å². The quantitative estimate of drug-likeness (QED) is 0.797. The molecule has 1 saturated heterocycles. The maximum Gasteiger partial charge on any atom is 0.0708 e. The van der Waals surface area contributed by atoms with Gasteiger partial charge in [-0.2, -0.15) is 0 Å². The average Bonchev–Trinajstić information content (AvgIpc) is 2.76. The molecule has 16 heavy (non-hydrogen) atoms. The molecule has 0 bridgehead atoms. The van der Waals surface area contributed by atoms with Crippen molar-refractivity contribution >= 4 is 0 Å². The van der Waals surface area contributed by atoms with Crippen molar-refractivity contribution in [2.75, 3.05) is 13.1 Å². The van der Waals surface area contributed by atoms with E-state index in [-0.39, 0.29) is 0 Å². The van der Waals surface area contributed by atoms with Crippen molar-refractivity contribution in [2.24, 2.45) is 5.41 Å². The lowest BCUT2D eigenvalue weighted by molar-refractivity contribution is -0.0355. The minimum absolute atomic E-state index is 0.300. The Balaban J connectivity index is 1.69. The van der Waals surface area contributed by atoms with Crippen LogP contribution in [0.25, 0.3) is 0 Å². The molecule has 1 aliphatic carbocycles. The number of hydrogen-bond donors (Lipinski definition) is 1. The molecule has 2 fully saturated rings. The highest BCUT2D eigenvalue weighted by Gasteiger charge is 2.41. The van der Waals surface area contributed by atoms with Crippen LogP contribution < -0.4 is 5.32 Å². The van der Waals surface area contributed by atoms with E-state index < -0.39 is 0 Å². The van der Waals surface area contributed by atoms with E-state index in [0.29, 0.717) is 17.1 Å². The number of hydrogen-bond acceptors (Lipinski definition) is 2. The summed E-state index contributed by atoms with van der Waals surface area (Å²) in [7, 11) is 0. The first-order chi connectivity index (χ1) is 7.49. The third kappa shape index (κ3) is 3.21. The molecule has 94 valence electrons. The highest BCUT2D eigenvalue weighted by Crippen LogP contribution is 2.43. The third-order valence-corrected chi connectivity index (χ3v) is 3.88. The van der Waals surface area contributed by atoms with Gasteiger partial charge in [-0.3, -0.25) is 0 Å². The molecular formula is C14H27NO. The van der Waals surface area contributed by atoms with E-state index in [1.165, 1.54) is 38.5 Å². The SMILES string of the molecule is CC(C)(C)CNCC1CCC2(CCCC2)O1. The van der Waals surface area contributed by atoms with Gasteiger partial charge in [0, 0.05) is 13.1 Å². The summed E-state index contributed by atoms with van der Waals surface area (Å²) in [5, 5.41) is 3.55. The molecule has 1 atom stereocenters. The van der Waals surface area contributed by atoms with Crippen LogP contribution in [0.5, 0.6) is 0 Å². The second kappa shape index (κ2) is 4.66. The van der Waals surface area contributed by atoms with Crippen molar-refractivity contribution in [2.45, 2.75) is 71.0 Å². The molecule has 1 unspecified atom stereocenters. The van der Waals surface area contributed by atoms with Crippen molar-refractivity contribution in [1.29, 1.82) is 0 Å². The first-order valence-corrected chi connectivity index (χ1v) is 6.88. The lowest BCUT2D eigenvalue weighted by Crippen LogP contribution is -2.35. The Morgan fingerprint density at radius 2 is 1.88 bits per heavy atom. The maximum absolute atomic E-state index is 6.26. The Morgan fingerprint density at radius 3 is 2.50 bits per heavy atom. The predicted molar refractivity (Wildman–Crippen MR) is 67.6 cm³/mol. The van der Waals surface area contributed by atoms with Gasteiger partial charge in [0.2, 0.25) is 0 Å². The fourth-order valence-corrected chi connectivity index (χ4v) is 3.03. The molecule has 1 aliphatic heterocycles. The van der Waals surface area contributed by atoms with E-state index in [1.807, 2.05) is 0 Å². The van der Waals surface area contributed by atoms with Gasteiger partial charge in [0.25, 0.3) is 0 Å². The van der Waals surface area contributed by atoms with Crippen LogP contribution in [0.4, 0.5) is 0 Å². The fraction of sp³-hybridized carbons (Fsp3) is 1.00. The average molecular weight is 225 g/mol. The van der Waals surface area contributed by atoms with Crippen LogP contribution in [0.15, 0.2) is 0 Å². The van der Waals surface area contributed by atoms with E-state index in [9.17, 15) is 0 Å². The summed E-state index contributed by atoms with van der Waals surface area (Å²) in [6, 6.07) is 0. The summed E-state index contributed by atoms with van der Waals surface area (Å²) < 4.78 is 6.26. The Bertz CT molecular complexity index is 225. The van der Waals surface area contributed by atoms with E-state index in [4.69, 9.17) is 4.74 Å². The molecule has 2 aliphatic rings. The molecular weight excluding hydrogens is 198 g/mol. The second-order valence-electron chi connectivity index (χ2n) is 6.86. The summed E-state index contributed by atoms with van der Waals surface area (Å²) in [5.74, 6) is 0. The maximum atomic E-state index is 6.26. The Hall–Kier alpha value is -0.0800. The molecule has 0 aromatic heterocycles. The summed E-state index contributed by atoms with van der Waals surface area (Å²) >= 11 is 0. The van der Waals surface area contributed by atoms with Crippen molar-refractivity contribution in [3.63, 3.8) is 0 Å². The zero-order valence-electron chi connectivity index (χ0n) is 11.1. The van der Waals surface area contributed by atoms with Crippen LogP contribution in [0.1, 0.15) is 59.3 Å². The highest BCUT2D eigenvalue weighted by molar-refractivity contribution is 4.93. The number of nitrogens with one attached hydrogen (secondary N) is 1. The van der Waals surface area contributed by atoms with E-state index in [0.717, 1.165) is 13.1 Å². The van der Waals surface area contributed by atoms with Gasteiger partial charge in [0.1, 0.15) is 0 Å². The minimum Gasteiger partial charge on any atom is -0.370 e. The summed E-state index contributed by atoms with van der Waals surface area (Å²) in [5.41, 5.74) is 0.678. The summed E-state index contributed by atoms with van der Waals surface area (Å²) in [6.07, 6.45) is 8.41. The predicted octanol–water partition coefficient (Wildman–Crippen LogP) is 3.11. The summed E-state index contributed by atoms with van der Waals surface area (Å²) in [4.78, 5) is 0. The third-order valence-electron chi connectivity index (χ3n) is 3.88. The molecule has 2 heteroatoms. The largest absolute Gasteiger partial charge is 0.370 e. The minimum atomic E-state index is 0.300. The van der Waals surface area contributed by atoms with Crippen LogP contribution in [0, 0.1) is 5.41 Å². The molecule has 1 saturated carbocycles. The van der Waals surface area contributed by atoms with Crippen LogP contribution >= 0.6 is 0 Å². The molecule has 2 nitrogen and oxygen atoms in total. The zero-order chi connectivity index (χ0) is 11.6. The van der Waals surface area contributed by atoms with E-state index >= 15 is 0 Å². The van der Waals surface area contributed by atoms with Crippen LogP contribution in [-0.2, 0) is 4.74 Å². The molecule has 0 amide bonds. The zero-order valence-corrected chi connectivity index (χ0v) is 11.1. The van der Waals surface area contributed by atoms with E-state index in [2.05, 4.69) is 26.1 Å². The first-order valence-electron chi connectivity index (χ1n) is 6.88. The van der Waals surface area contributed by atoms with Gasteiger partial charge < -0.3 is 10.1 Å². The van der Waals surface area contributed by atoms with Gasteiger partial charge in [-0.15, -0.1) is 0 Å². The molecule has 1 spiro atoms. The van der Waals surface area contributed by atoms with Crippen molar-refractivity contribution in [3.8, 4) is 0 Å². The molecule has 0 radical (unpaired) electrons. The normalized spacial score (nSPS) is 29.1. The smallest absolute Gasteiger partial charge is 0.0708 e. The van der Waals surface area contributed by atoms with Crippen LogP contribution in [-0.4, -0.2) is 24.8 Å². The Kier molecular flexibility index (Phi) is 3.60. The Labute approximate surface area is 100 Å². The standard InChI is InChI=1S/C14H27NO/c1-13(2,3)11-15-10-12-6-9-14(16-12)7-4-5-8-14/h12,15H,4-11H2,1-3H3. The molecule has 2 rings (SSSR count). The molecule has 0 aromatic carbocycles. The molecule has 1 heterocycles. The van der Waals surface area contributed by atoms with E-state index in [1.54, 1.807) is 0 Å². The van der Waals surface area contributed by atoms with Gasteiger partial charge in [0.05, 0.1) is 11.7 Å². The van der Waals surface area contributed by atoms with Crippen LogP contribution in [0.2, 0.25) is 0 Å². The highest BCUT2D eigenvalue weighted by atomic mass is 16.5. The summed E-state index contributed by atoms with van der Waals surface area (Å²) in [6.45, 7) is 8.94. The number of ether oxygens (including phenoxy) is 1. The topological polar surface area (TPSA) is 21.3 Å². The number of rotatable bonds is 3. The van der Waals surface area contributed by atoms with Gasteiger partial charge >= 0.3 is 0 Å². The van der Waals surface area contributed by atoms with Gasteiger partial charge in [-0.05, 0) is 31.1 Å². The van der Waals surface area contributed by atoms with Gasteiger partial charge in [-0.25, -0.2) is 0 Å². The molecule has 1 N–H and O–H groups in total. The Morgan fingerprint density at radius 1 is 1.19 bits per heavy atom. The van der Waals surface area contributed by atoms with Crippen molar-refractivity contribution in [3.05, 3.63) is 0 Å². The fourth-order valence-electron chi connectivity index (χ4n) is 3.03. The lowest BCUT2D eigenvalue weighted by atomic mass is 9.97. The van der Waals surface area contributed by atoms with Crippen molar-refractivity contribution in [1.82, 2.24) is 5.32 Å². The molecule has 0 aromatic rings. The van der Waals surface area contributed by atoms with Gasteiger partial charge in [0.15, 0.2) is 0 Å². The second-order valence-corrected chi connectivity index (χ2v) is 6.86. The first kappa shape index (κ1) is 12.4. The van der Waals surface area contributed by atoms with Crippen molar-refractivity contribution < 1.29 is 4.74 Å². The lowest BCUT2D eigenvalue weighted by Gasteiger charge is -2.25. The monoisotopic (exact) mass is 225 g/mol.